The van der Waals surface area contributed by atoms with Gasteiger partial charge in [-0.25, -0.2) is 4.98 Å². The number of nitrogens with zero attached hydrogens (tertiary/aromatic N) is 2. The summed E-state index contributed by atoms with van der Waals surface area (Å²) in [5.74, 6) is 1.52. The van der Waals surface area contributed by atoms with Gasteiger partial charge in [0.2, 0.25) is 5.95 Å². The first-order chi connectivity index (χ1) is 8.42. The molecule has 1 fully saturated rings. The molecule has 0 saturated carbocycles. The second-order valence-corrected chi connectivity index (χ2v) is 4.55. The molecule has 5 nitrogen and oxygen atoms in total. The lowest BCUT2D eigenvalue weighted by Gasteiger charge is -2.22. The highest BCUT2D eigenvalue weighted by Crippen LogP contribution is 2.13. The molecule has 1 unspecified atom stereocenters. The van der Waals surface area contributed by atoms with Gasteiger partial charge in [-0.05, 0) is 44.0 Å². The fourth-order valence-corrected chi connectivity index (χ4v) is 2.27. The Morgan fingerprint density at radius 1 is 1.47 bits per heavy atom. The van der Waals surface area contributed by atoms with E-state index in [1.165, 1.54) is 12.8 Å². The van der Waals surface area contributed by atoms with Crippen molar-refractivity contribution >= 4 is 17.1 Å². The van der Waals surface area contributed by atoms with Crippen LogP contribution in [-0.2, 0) is 0 Å². The molecule has 3 heterocycles. The zero-order valence-corrected chi connectivity index (χ0v) is 9.74. The average Bonchev–Trinajstić information content (AvgIpc) is 2.80. The Bertz CT molecular complexity index is 453. The molecule has 1 aliphatic rings. The zero-order valence-electron chi connectivity index (χ0n) is 9.74. The molecule has 0 bridgehead atoms. The number of hydrogen-bond acceptors (Lipinski definition) is 4. The topological polar surface area (TPSA) is 65.6 Å². The van der Waals surface area contributed by atoms with Crippen molar-refractivity contribution in [2.45, 2.75) is 12.8 Å². The number of fused-ring (bicyclic) bond motifs is 1. The first-order valence-electron chi connectivity index (χ1n) is 6.17. The molecule has 0 aromatic carbocycles. The molecule has 0 radical (unpaired) electrons. The van der Waals surface area contributed by atoms with Crippen LogP contribution in [0.1, 0.15) is 12.8 Å². The van der Waals surface area contributed by atoms with Crippen LogP contribution < -0.4 is 10.6 Å². The summed E-state index contributed by atoms with van der Waals surface area (Å²) >= 11 is 0. The molecule has 17 heavy (non-hydrogen) atoms. The molecule has 0 amide bonds. The van der Waals surface area contributed by atoms with Crippen LogP contribution in [-0.4, -0.2) is 34.6 Å². The van der Waals surface area contributed by atoms with Gasteiger partial charge in [-0.3, -0.25) is 0 Å². The molecule has 3 rings (SSSR count). The van der Waals surface area contributed by atoms with Crippen LogP contribution in [0.25, 0.3) is 11.2 Å². The van der Waals surface area contributed by atoms with Crippen LogP contribution >= 0.6 is 0 Å². The molecule has 0 spiro atoms. The van der Waals surface area contributed by atoms with E-state index in [0.717, 1.165) is 36.7 Å². The first-order valence-corrected chi connectivity index (χ1v) is 6.17. The van der Waals surface area contributed by atoms with Gasteiger partial charge in [0.25, 0.3) is 0 Å². The van der Waals surface area contributed by atoms with E-state index in [-0.39, 0.29) is 0 Å². The summed E-state index contributed by atoms with van der Waals surface area (Å²) in [5, 5.41) is 6.77. The second kappa shape index (κ2) is 4.71. The van der Waals surface area contributed by atoms with E-state index >= 15 is 0 Å². The Kier molecular flexibility index (Phi) is 2.92. The number of H-pyrrole nitrogens is 1. The van der Waals surface area contributed by atoms with Crippen LogP contribution in [0.15, 0.2) is 18.3 Å². The van der Waals surface area contributed by atoms with Crippen molar-refractivity contribution in [3.8, 4) is 0 Å². The van der Waals surface area contributed by atoms with Gasteiger partial charge in [0.05, 0.1) is 5.52 Å². The van der Waals surface area contributed by atoms with E-state index in [9.17, 15) is 0 Å². The highest BCUT2D eigenvalue weighted by molar-refractivity contribution is 5.72. The minimum Gasteiger partial charge on any atom is -0.355 e. The van der Waals surface area contributed by atoms with Crippen molar-refractivity contribution in [1.82, 2.24) is 20.3 Å². The second-order valence-electron chi connectivity index (χ2n) is 4.55. The number of imidazole rings is 1. The zero-order chi connectivity index (χ0) is 11.5. The standard InChI is InChI=1S/C12H17N5/c1-3-9(7-13-5-1)8-15-12-16-10-4-2-6-14-11(10)17-12/h2,4,6,9,13H,1,3,5,7-8H2,(H2,14,15,16,17). The molecule has 0 aliphatic carbocycles. The summed E-state index contributed by atoms with van der Waals surface area (Å²) in [6.07, 6.45) is 4.32. The van der Waals surface area contributed by atoms with Crippen molar-refractivity contribution in [3.05, 3.63) is 18.3 Å². The number of rotatable bonds is 3. The van der Waals surface area contributed by atoms with E-state index in [4.69, 9.17) is 0 Å². The van der Waals surface area contributed by atoms with Crippen LogP contribution in [0.2, 0.25) is 0 Å². The number of aromatic amines is 1. The fraction of sp³-hybridized carbons (Fsp3) is 0.500. The number of hydrogen-bond donors (Lipinski definition) is 3. The predicted octanol–water partition coefficient (Wildman–Crippen LogP) is 1.37. The van der Waals surface area contributed by atoms with Crippen molar-refractivity contribution < 1.29 is 0 Å². The molecule has 5 heteroatoms. The smallest absolute Gasteiger partial charge is 0.202 e. The van der Waals surface area contributed by atoms with Crippen LogP contribution in [0.3, 0.4) is 0 Å². The van der Waals surface area contributed by atoms with E-state index in [0.29, 0.717) is 5.92 Å². The molecule has 1 saturated heterocycles. The summed E-state index contributed by atoms with van der Waals surface area (Å²) in [6, 6.07) is 3.90. The van der Waals surface area contributed by atoms with E-state index < -0.39 is 0 Å². The maximum absolute atomic E-state index is 4.40. The van der Waals surface area contributed by atoms with Gasteiger partial charge in [0.15, 0.2) is 5.65 Å². The summed E-state index contributed by atoms with van der Waals surface area (Å²) in [6.45, 7) is 3.23. The average molecular weight is 231 g/mol. The molecule has 2 aromatic rings. The Morgan fingerprint density at radius 2 is 2.47 bits per heavy atom. The third-order valence-corrected chi connectivity index (χ3v) is 3.21. The number of pyridine rings is 1. The van der Waals surface area contributed by atoms with Crippen molar-refractivity contribution in [2.75, 3.05) is 25.0 Å². The Balaban J connectivity index is 1.64. The monoisotopic (exact) mass is 231 g/mol. The van der Waals surface area contributed by atoms with Gasteiger partial charge in [0.1, 0.15) is 0 Å². The van der Waals surface area contributed by atoms with Gasteiger partial charge < -0.3 is 15.6 Å². The number of nitrogens with one attached hydrogen (secondary N) is 3. The molecular weight excluding hydrogens is 214 g/mol. The van der Waals surface area contributed by atoms with Crippen molar-refractivity contribution in [3.63, 3.8) is 0 Å². The van der Waals surface area contributed by atoms with E-state index in [1.54, 1.807) is 6.20 Å². The van der Waals surface area contributed by atoms with Crippen LogP contribution in [0, 0.1) is 5.92 Å². The minimum atomic E-state index is 0.699. The maximum atomic E-state index is 4.40. The number of aromatic nitrogens is 3. The third-order valence-electron chi connectivity index (χ3n) is 3.21. The van der Waals surface area contributed by atoms with Gasteiger partial charge in [-0.2, -0.15) is 4.98 Å². The molecule has 90 valence electrons. The number of piperidine rings is 1. The summed E-state index contributed by atoms with van der Waals surface area (Å²) in [5.41, 5.74) is 1.76. The van der Waals surface area contributed by atoms with Gasteiger partial charge >= 0.3 is 0 Å². The molecule has 2 aromatic heterocycles. The predicted molar refractivity (Wildman–Crippen MR) is 68.0 cm³/mol. The lowest BCUT2D eigenvalue weighted by molar-refractivity contribution is 0.392. The lowest BCUT2D eigenvalue weighted by atomic mass is 10.00. The largest absolute Gasteiger partial charge is 0.355 e. The van der Waals surface area contributed by atoms with Gasteiger partial charge in [-0.15, -0.1) is 0 Å². The molecule has 3 N–H and O–H groups in total. The fourth-order valence-electron chi connectivity index (χ4n) is 2.27. The lowest BCUT2D eigenvalue weighted by Crippen LogP contribution is -2.33. The van der Waals surface area contributed by atoms with Crippen molar-refractivity contribution in [2.24, 2.45) is 5.92 Å². The first kappa shape index (κ1) is 10.5. The number of anilines is 1. The Labute approximate surface area is 100 Å². The van der Waals surface area contributed by atoms with E-state index in [1.807, 2.05) is 12.1 Å². The Hall–Kier alpha value is -1.62. The molecular formula is C12H17N5. The summed E-state index contributed by atoms with van der Waals surface area (Å²) in [4.78, 5) is 11.8. The third kappa shape index (κ3) is 2.39. The molecule has 1 atom stereocenters. The SMILES string of the molecule is c1cnc2nc(NCC3CCCNC3)[nH]c2c1. The summed E-state index contributed by atoms with van der Waals surface area (Å²) in [7, 11) is 0. The maximum Gasteiger partial charge on any atom is 0.202 e. The quantitative estimate of drug-likeness (QED) is 0.746. The van der Waals surface area contributed by atoms with Gasteiger partial charge in [-0.1, -0.05) is 0 Å². The Morgan fingerprint density at radius 3 is 3.29 bits per heavy atom. The highest BCUT2D eigenvalue weighted by Gasteiger charge is 2.13. The molecule has 1 aliphatic heterocycles. The van der Waals surface area contributed by atoms with Crippen LogP contribution in [0.4, 0.5) is 5.95 Å². The highest BCUT2D eigenvalue weighted by atomic mass is 15.1. The normalized spacial score (nSPS) is 20.6. The summed E-state index contributed by atoms with van der Waals surface area (Å²) < 4.78 is 0. The minimum absolute atomic E-state index is 0.699. The van der Waals surface area contributed by atoms with Gasteiger partial charge in [0, 0.05) is 12.7 Å². The van der Waals surface area contributed by atoms with Crippen molar-refractivity contribution in [1.29, 1.82) is 0 Å². The van der Waals surface area contributed by atoms with E-state index in [2.05, 4.69) is 25.6 Å². The van der Waals surface area contributed by atoms with Crippen LogP contribution in [0.5, 0.6) is 0 Å².